The fourth-order valence-corrected chi connectivity index (χ4v) is 5.20. The standard InChI is InChI=1S/C21H24N4O5S/c1-2-24-18-8-3-4-9-19(18)25(21(24)27)15-20(26)22-16-6-5-7-17(14-16)31(28,29)23-10-12-30-13-11-23/h3-9,14H,2,10-13,15H2,1H3,(H,22,26). The zero-order chi connectivity index (χ0) is 22.0. The Labute approximate surface area is 179 Å². The van der Waals surface area contributed by atoms with Crippen LogP contribution in [-0.2, 0) is 32.6 Å². The summed E-state index contributed by atoms with van der Waals surface area (Å²) in [5.41, 5.74) is 1.53. The lowest BCUT2D eigenvalue weighted by Crippen LogP contribution is -2.40. The maximum Gasteiger partial charge on any atom is 0.329 e. The van der Waals surface area contributed by atoms with Crippen molar-refractivity contribution in [1.29, 1.82) is 0 Å². The number of ether oxygens (including phenoxy) is 1. The molecule has 9 nitrogen and oxygen atoms in total. The van der Waals surface area contributed by atoms with E-state index in [1.54, 1.807) is 22.8 Å². The average molecular weight is 445 g/mol. The van der Waals surface area contributed by atoms with Crippen molar-refractivity contribution < 1.29 is 17.9 Å². The van der Waals surface area contributed by atoms with Crippen molar-refractivity contribution in [3.8, 4) is 0 Å². The van der Waals surface area contributed by atoms with Gasteiger partial charge in [-0.1, -0.05) is 18.2 Å². The van der Waals surface area contributed by atoms with Gasteiger partial charge in [-0.25, -0.2) is 13.2 Å². The van der Waals surface area contributed by atoms with E-state index in [9.17, 15) is 18.0 Å². The average Bonchev–Trinajstić information content (AvgIpc) is 3.05. The summed E-state index contributed by atoms with van der Waals surface area (Å²) < 4.78 is 35.3. The molecular formula is C21H24N4O5S. The quantitative estimate of drug-likeness (QED) is 0.621. The maximum atomic E-state index is 12.9. The molecule has 10 heteroatoms. The highest BCUT2D eigenvalue weighted by Gasteiger charge is 2.26. The smallest absolute Gasteiger partial charge is 0.329 e. The third-order valence-electron chi connectivity index (χ3n) is 5.27. The molecule has 0 spiro atoms. The second-order valence-electron chi connectivity index (χ2n) is 7.19. The summed E-state index contributed by atoms with van der Waals surface area (Å²) in [6.07, 6.45) is 0. The molecule has 1 N–H and O–H groups in total. The molecule has 0 saturated carbocycles. The first-order chi connectivity index (χ1) is 14.9. The van der Waals surface area contributed by atoms with E-state index >= 15 is 0 Å². The van der Waals surface area contributed by atoms with Crippen LogP contribution in [-0.4, -0.2) is 54.1 Å². The number of aryl methyl sites for hydroxylation is 1. The van der Waals surface area contributed by atoms with E-state index in [0.717, 1.165) is 5.52 Å². The zero-order valence-corrected chi connectivity index (χ0v) is 18.0. The van der Waals surface area contributed by atoms with E-state index in [1.807, 2.05) is 25.1 Å². The van der Waals surface area contributed by atoms with Crippen LogP contribution < -0.4 is 11.0 Å². The number of nitrogens with zero attached hydrogens (tertiary/aromatic N) is 3. The molecule has 0 unspecified atom stereocenters. The Hall–Kier alpha value is -2.95. The fraction of sp³-hybridized carbons (Fsp3) is 0.333. The molecule has 0 aliphatic carbocycles. The van der Waals surface area contributed by atoms with Gasteiger partial charge in [-0.05, 0) is 37.3 Å². The number of para-hydroxylation sites is 2. The molecule has 4 rings (SSSR count). The zero-order valence-electron chi connectivity index (χ0n) is 17.2. The van der Waals surface area contributed by atoms with Crippen molar-refractivity contribution >= 4 is 32.7 Å². The Bertz CT molecular complexity index is 1270. The normalized spacial score (nSPS) is 15.3. The molecule has 1 fully saturated rings. The topological polar surface area (TPSA) is 103 Å². The number of hydrogen-bond acceptors (Lipinski definition) is 5. The van der Waals surface area contributed by atoms with E-state index in [0.29, 0.717) is 44.1 Å². The van der Waals surface area contributed by atoms with Gasteiger partial charge in [0.25, 0.3) is 0 Å². The molecule has 0 bridgehead atoms. The number of hydrogen-bond donors (Lipinski definition) is 1. The summed E-state index contributed by atoms with van der Waals surface area (Å²) in [4.78, 5) is 25.5. The molecule has 1 aliphatic heterocycles. The Balaban J connectivity index is 1.55. The first-order valence-electron chi connectivity index (χ1n) is 10.1. The van der Waals surface area contributed by atoms with E-state index in [2.05, 4.69) is 5.32 Å². The van der Waals surface area contributed by atoms with Crippen LogP contribution in [0.2, 0.25) is 0 Å². The number of morpholine rings is 1. The van der Waals surface area contributed by atoms with Gasteiger partial charge >= 0.3 is 5.69 Å². The minimum absolute atomic E-state index is 0.104. The van der Waals surface area contributed by atoms with Crippen LogP contribution in [0.3, 0.4) is 0 Å². The van der Waals surface area contributed by atoms with E-state index < -0.39 is 15.9 Å². The second-order valence-corrected chi connectivity index (χ2v) is 9.13. The van der Waals surface area contributed by atoms with Gasteiger partial charge in [-0.2, -0.15) is 4.31 Å². The number of fused-ring (bicyclic) bond motifs is 1. The molecule has 0 atom stereocenters. The molecule has 3 aromatic rings. The highest BCUT2D eigenvalue weighted by Crippen LogP contribution is 2.21. The first kappa shape index (κ1) is 21.3. The van der Waals surface area contributed by atoms with Crippen molar-refractivity contribution in [2.45, 2.75) is 24.9 Å². The third kappa shape index (κ3) is 4.14. The number of nitrogens with one attached hydrogen (secondary N) is 1. The minimum Gasteiger partial charge on any atom is -0.379 e. The molecule has 1 aromatic heterocycles. The minimum atomic E-state index is -3.67. The molecule has 1 saturated heterocycles. The Morgan fingerprint density at radius 2 is 1.71 bits per heavy atom. The molecule has 2 heterocycles. The molecule has 164 valence electrons. The number of anilines is 1. The number of amides is 1. The fourth-order valence-electron chi connectivity index (χ4n) is 3.75. The number of carbonyl (C=O) groups is 1. The lowest BCUT2D eigenvalue weighted by molar-refractivity contribution is -0.116. The van der Waals surface area contributed by atoms with E-state index in [4.69, 9.17) is 4.74 Å². The number of benzene rings is 2. The van der Waals surface area contributed by atoms with Crippen LogP contribution in [0.5, 0.6) is 0 Å². The van der Waals surface area contributed by atoms with Crippen LogP contribution in [0.1, 0.15) is 6.92 Å². The van der Waals surface area contributed by atoms with Gasteiger partial charge < -0.3 is 10.1 Å². The summed E-state index contributed by atoms with van der Waals surface area (Å²) >= 11 is 0. The van der Waals surface area contributed by atoms with Crippen LogP contribution in [0.4, 0.5) is 5.69 Å². The Morgan fingerprint density at radius 3 is 2.39 bits per heavy atom. The van der Waals surface area contributed by atoms with Crippen molar-refractivity contribution in [2.24, 2.45) is 0 Å². The van der Waals surface area contributed by atoms with Gasteiger partial charge in [0.05, 0.1) is 29.1 Å². The van der Waals surface area contributed by atoms with Gasteiger partial charge in [-0.3, -0.25) is 13.9 Å². The number of carbonyl (C=O) groups excluding carboxylic acids is 1. The predicted octanol–water partition coefficient (Wildman–Crippen LogP) is 1.48. The number of rotatable bonds is 6. The summed E-state index contributed by atoms with van der Waals surface area (Å²) in [5, 5.41) is 2.71. The van der Waals surface area contributed by atoms with Crippen LogP contribution in [0.25, 0.3) is 11.0 Å². The van der Waals surface area contributed by atoms with Crippen molar-refractivity contribution in [3.63, 3.8) is 0 Å². The third-order valence-corrected chi connectivity index (χ3v) is 7.16. The lowest BCUT2D eigenvalue weighted by Gasteiger charge is -2.26. The summed E-state index contributed by atoms with van der Waals surface area (Å²) in [6, 6.07) is 13.4. The van der Waals surface area contributed by atoms with Gasteiger partial charge in [0.1, 0.15) is 6.54 Å². The molecule has 2 aromatic carbocycles. The van der Waals surface area contributed by atoms with Crippen LogP contribution in [0.15, 0.2) is 58.2 Å². The van der Waals surface area contributed by atoms with E-state index in [-0.39, 0.29) is 17.1 Å². The number of sulfonamides is 1. The van der Waals surface area contributed by atoms with Gasteiger partial charge in [0, 0.05) is 25.3 Å². The van der Waals surface area contributed by atoms with E-state index in [1.165, 1.54) is 21.0 Å². The lowest BCUT2D eigenvalue weighted by atomic mass is 10.3. The first-order valence-corrected chi connectivity index (χ1v) is 11.5. The molecule has 1 amide bonds. The molecular weight excluding hydrogens is 420 g/mol. The number of aromatic nitrogens is 2. The van der Waals surface area contributed by atoms with Crippen molar-refractivity contribution in [3.05, 3.63) is 59.0 Å². The summed E-state index contributed by atoms with van der Waals surface area (Å²) in [5.74, 6) is -0.415. The highest BCUT2D eigenvalue weighted by atomic mass is 32.2. The molecule has 1 aliphatic rings. The van der Waals surface area contributed by atoms with Gasteiger partial charge in [0.15, 0.2) is 0 Å². The van der Waals surface area contributed by atoms with Crippen molar-refractivity contribution in [2.75, 3.05) is 31.6 Å². The highest BCUT2D eigenvalue weighted by molar-refractivity contribution is 7.89. The van der Waals surface area contributed by atoms with Crippen molar-refractivity contribution in [1.82, 2.24) is 13.4 Å². The maximum absolute atomic E-state index is 12.9. The van der Waals surface area contributed by atoms with Crippen LogP contribution in [0, 0.1) is 0 Å². The largest absolute Gasteiger partial charge is 0.379 e. The monoisotopic (exact) mass is 444 g/mol. The summed E-state index contributed by atoms with van der Waals surface area (Å²) in [6.45, 7) is 3.50. The Kier molecular flexibility index (Phi) is 5.94. The SMILES string of the molecule is CCn1c(=O)n(CC(=O)Nc2cccc(S(=O)(=O)N3CCOCC3)c2)c2ccccc21. The van der Waals surface area contributed by atoms with Crippen LogP contribution >= 0.6 is 0 Å². The molecule has 0 radical (unpaired) electrons. The predicted molar refractivity (Wildman–Crippen MR) is 117 cm³/mol. The van der Waals surface area contributed by atoms with Gasteiger partial charge in [0.2, 0.25) is 15.9 Å². The Morgan fingerprint density at radius 1 is 1.03 bits per heavy atom. The molecule has 31 heavy (non-hydrogen) atoms. The summed E-state index contributed by atoms with van der Waals surface area (Å²) in [7, 11) is -3.67. The second kappa shape index (κ2) is 8.66. The number of imidazole rings is 1. The van der Waals surface area contributed by atoms with Gasteiger partial charge in [-0.15, -0.1) is 0 Å².